The van der Waals surface area contributed by atoms with Gasteiger partial charge in [-0.3, -0.25) is 0 Å². The maximum absolute atomic E-state index is 15.4. The van der Waals surface area contributed by atoms with Gasteiger partial charge in [0, 0.05) is 15.9 Å². The van der Waals surface area contributed by atoms with Crippen LogP contribution in [0.4, 0.5) is 0 Å². The van der Waals surface area contributed by atoms with Gasteiger partial charge in [-0.05, 0) is 73.8 Å². The Morgan fingerprint density at radius 3 is 1.56 bits per heavy atom. The lowest BCUT2D eigenvalue weighted by molar-refractivity contribution is 0.592. The lowest BCUT2D eigenvalue weighted by atomic mass is 9.59. The van der Waals surface area contributed by atoms with Gasteiger partial charge in [-0.2, -0.15) is 0 Å². The molecule has 0 N–H and O–H groups in total. The fraction of sp³-hybridized carbons (Fsp3) is 0.0417. The van der Waals surface area contributed by atoms with Crippen molar-refractivity contribution in [2.45, 2.75) is 12.3 Å². The third kappa shape index (κ3) is 4.44. The summed E-state index contributed by atoms with van der Waals surface area (Å²) in [6, 6.07) is 68.4. The SMILES string of the molecule is Cc1cc(-c2cccc(P(=O)(c3ccccc3)c3ccccc3)c2)c2cccc3c2c1-c1ccccc1C3(c1ccccc1)c1ccccc1. The van der Waals surface area contributed by atoms with Crippen molar-refractivity contribution in [2.24, 2.45) is 0 Å². The first kappa shape index (κ1) is 30.3. The van der Waals surface area contributed by atoms with Crippen molar-refractivity contribution in [3.63, 3.8) is 0 Å². The fourth-order valence-electron chi connectivity index (χ4n) is 8.44. The van der Waals surface area contributed by atoms with Crippen LogP contribution in [0.2, 0.25) is 0 Å². The first-order valence-corrected chi connectivity index (χ1v) is 18.9. The summed E-state index contributed by atoms with van der Waals surface area (Å²) in [5.41, 5.74) is 10.5. The Morgan fingerprint density at radius 1 is 0.440 bits per heavy atom. The molecule has 8 aromatic rings. The molecule has 1 aliphatic carbocycles. The molecule has 0 fully saturated rings. The number of benzene rings is 8. The molecule has 1 aliphatic rings. The summed E-state index contributed by atoms with van der Waals surface area (Å²) >= 11 is 0. The second-order valence-electron chi connectivity index (χ2n) is 13.2. The van der Waals surface area contributed by atoms with E-state index in [-0.39, 0.29) is 0 Å². The van der Waals surface area contributed by atoms with Crippen LogP contribution in [0.1, 0.15) is 27.8 Å². The predicted octanol–water partition coefficient (Wildman–Crippen LogP) is 10.8. The van der Waals surface area contributed by atoms with E-state index < -0.39 is 12.6 Å². The van der Waals surface area contributed by atoms with E-state index in [0.717, 1.165) is 27.0 Å². The van der Waals surface area contributed by atoms with Crippen molar-refractivity contribution in [1.82, 2.24) is 0 Å². The maximum Gasteiger partial charge on any atom is 0.171 e. The van der Waals surface area contributed by atoms with Crippen molar-refractivity contribution in [1.29, 1.82) is 0 Å². The van der Waals surface area contributed by atoms with E-state index >= 15 is 4.57 Å². The van der Waals surface area contributed by atoms with Crippen LogP contribution in [0.25, 0.3) is 33.0 Å². The molecule has 0 bridgehead atoms. The molecule has 0 heterocycles. The van der Waals surface area contributed by atoms with E-state index in [4.69, 9.17) is 0 Å². The molecule has 50 heavy (non-hydrogen) atoms. The standard InChI is InChI=1S/C48H35OP/c1-34-32-43(35-18-16-27-40(33-35)50(49,38-23-10-4-11-24-38)39-25-12-5-13-26-39)41-29-17-31-45-47(41)46(34)42-28-14-15-30-44(42)48(45,36-19-6-2-7-20-36)37-21-8-3-9-22-37/h2-33H,1H3. The molecule has 0 aromatic heterocycles. The Morgan fingerprint density at radius 2 is 0.940 bits per heavy atom. The van der Waals surface area contributed by atoms with E-state index in [1.165, 1.54) is 49.7 Å². The van der Waals surface area contributed by atoms with Crippen molar-refractivity contribution >= 4 is 33.8 Å². The van der Waals surface area contributed by atoms with Crippen LogP contribution in [0.15, 0.2) is 194 Å². The molecule has 0 aliphatic heterocycles. The van der Waals surface area contributed by atoms with E-state index in [2.05, 4.69) is 134 Å². The van der Waals surface area contributed by atoms with Gasteiger partial charge in [-0.15, -0.1) is 0 Å². The minimum absolute atomic E-state index is 0.519. The summed E-state index contributed by atoms with van der Waals surface area (Å²) in [6.07, 6.45) is 0. The highest BCUT2D eigenvalue weighted by Gasteiger charge is 2.44. The molecule has 1 nitrogen and oxygen atoms in total. The Hall–Kier alpha value is -5.75. The second kappa shape index (κ2) is 12.0. The van der Waals surface area contributed by atoms with E-state index in [1.807, 2.05) is 66.7 Å². The summed E-state index contributed by atoms with van der Waals surface area (Å²) in [4.78, 5) is 0. The molecule has 8 aromatic carbocycles. The normalized spacial score (nSPS) is 13.1. The first-order chi connectivity index (χ1) is 24.6. The van der Waals surface area contributed by atoms with E-state index in [0.29, 0.717) is 0 Å². The highest BCUT2D eigenvalue weighted by atomic mass is 31.2. The molecule has 238 valence electrons. The van der Waals surface area contributed by atoms with Crippen LogP contribution in [0.3, 0.4) is 0 Å². The molecule has 0 saturated heterocycles. The average Bonchev–Trinajstić information content (AvgIpc) is 3.20. The van der Waals surface area contributed by atoms with Gasteiger partial charge in [0.25, 0.3) is 0 Å². The third-order valence-electron chi connectivity index (χ3n) is 10.5. The zero-order valence-corrected chi connectivity index (χ0v) is 28.7. The second-order valence-corrected chi connectivity index (χ2v) is 16.0. The zero-order valence-electron chi connectivity index (χ0n) is 27.8. The van der Waals surface area contributed by atoms with Gasteiger partial charge < -0.3 is 4.57 Å². The molecule has 0 radical (unpaired) electrons. The number of fused-ring (bicyclic) bond motifs is 2. The van der Waals surface area contributed by atoms with Crippen LogP contribution in [-0.4, -0.2) is 0 Å². The summed E-state index contributed by atoms with van der Waals surface area (Å²) in [5.74, 6) is 0. The molecule has 0 saturated carbocycles. The van der Waals surface area contributed by atoms with Gasteiger partial charge in [0.15, 0.2) is 7.14 Å². The average molecular weight is 659 g/mol. The van der Waals surface area contributed by atoms with Gasteiger partial charge in [0.2, 0.25) is 0 Å². The largest absolute Gasteiger partial charge is 0.309 e. The monoisotopic (exact) mass is 658 g/mol. The Kier molecular flexibility index (Phi) is 7.27. The molecule has 0 atom stereocenters. The number of aryl methyl sites for hydroxylation is 1. The quantitative estimate of drug-likeness (QED) is 0.163. The fourth-order valence-corrected chi connectivity index (χ4v) is 11.1. The van der Waals surface area contributed by atoms with Crippen LogP contribution in [0, 0.1) is 6.92 Å². The summed E-state index contributed by atoms with van der Waals surface area (Å²) < 4.78 is 15.4. The van der Waals surface area contributed by atoms with Crippen molar-refractivity contribution in [2.75, 3.05) is 0 Å². The minimum atomic E-state index is -3.15. The first-order valence-electron chi connectivity index (χ1n) is 17.2. The topological polar surface area (TPSA) is 17.1 Å². The van der Waals surface area contributed by atoms with Crippen LogP contribution < -0.4 is 15.9 Å². The van der Waals surface area contributed by atoms with E-state index in [1.54, 1.807) is 0 Å². The molecule has 0 unspecified atom stereocenters. The summed E-state index contributed by atoms with van der Waals surface area (Å²) in [7, 11) is -3.15. The Labute approximate surface area is 293 Å². The molecular weight excluding hydrogens is 624 g/mol. The highest BCUT2D eigenvalue weighted by Crippen LogP contribution is 2.57. The highest BCUT2D eigenvalue weighted by molar-refractivity contribution is 7.85. The van der Waals surface area contributed by atoms with Crippen LogP contribution >= 0.6 is 7.14 Å². The predicted molar refractivity (Wildman–Crippen MR) is 211 cm³/mol. The van der Waals surface area contributed by atoms with Crippen molar-refractivity contribution < 1.29 is 4.57 Å². The summed E-state index contributed by atoms with van der Waals surface area (Å²) in [6.45, 7) is 2.24. The lowest BCUT2D eigenvalue weighted by Crippen LogP contribution is -2.34. The van der Waals surface area contributed by atoms with Crippen molar-refractivity contribution in [3.8, 4) is 22.3 Å². The third-order valence-corrected chi connectivity index (χ3v) is 13.6. The summed E-state index contributed by atoms with van der Waals surface area (Å²) in [5, 5.41) is 4.97. The number of rotatable bonds is 6. The smallest absolute Gasteiger partial charge is 0.171 e. The molecule has 0 spiro atoms. The Balaban J connectivity index is 1.36. The molecular formula is C48H35OP. The van der Waals surface area contributed by atoms with Crippen LogP contribution in [-0.2, 0) is 9.98 Å². The number of hydrogen-bond donors (Lipinski definition) is 0. The van der Waals surface area contributed by atoms with E-state index in [9.17, 15) is 0 Å². The maximum atomic E-state index is 15.4. The van der Waals surface area contributed by atoms with Gasteiger partial charge in [0.05, 0.1) is 5.41 Å². The van der Waals surface area contributed by atoms with Gasteiger partial charge >= 0.3 is 0 Å². The van der Waals surface area contributed by atoms with Crippen LogP contribution in [0.5, 0.6) is 0 Å². The van der Waals surface area contributed by atoms with Gasteiger partial charge in [-0.1, -0.05) is 188 Å². The zero-order chi connectivity index (χ0) is 33.7. The molecule has 9 rings (SSSR count). The molecule has 2 heteroatoms. The van der Waals surface area contributed by atoms with Gasteiger partial charge in [-0.25, -0.2) is 0 Å². The Bertz CT molecular complexity index is 2470. The number of hydrogen-bond acceptors (Lipinski definition) is 1. The molecule has 0 amide bonds. The van der Waals surface area contributed by atoms with Crippen molar-refractivity contribution in [3.05, 3.63) is 222 Å². The van der Waals surface area contributed by atoms with Gasteiger partial charge in [0.1, 0.15) is 0 Å². The minimum Gasteiger partial charge on any atom is -0.309 e. The lowest BCUT2D eigenvalue weighted by Gasteiger charge is -2.42.